The minimum absolute atomic E-state index is 0.0484. The number of nitrogens with one attached hydrogen (secondary N) is 2. The highest BCUT2D eigenvalue weighted by Crippen LogP contribution is 2.13. The molecule has 0 radical (unpaired) electrons. The second kappa shape index (κ2) is 6.28. The van der Waals surface area contributed by atoms with E-state index in [9.17, 15) is 4.79 Å². The van der Waals surface area contributed by atoms with E-state index in [4.69, 9.17) is 0 Å². The molecule has 0 saturated carbocycles. The van der Waals surface area contributed by atoms with Crippen molar-refractivity contribution in [2.45, 2.75) is 33.1 Å². The summed E-state index contributed by atoms with van der Waals surface area (Å²) in [5, 5.41) is 0. The van der Waals surface area contributed by atoms with Gasteiger partial charge in [0, 0.05) is 13.5 Å². The van der Waals surface area contributed by atoms with Crippen molar-refractivity contribution in [2.24, 2.45) is 0 Å². The highest BCUT2D eigenvalue weighted by Gasteiger charge is 2.02. The van der Waals surface area contributed by atoms with Gasteiger partial charge < -0.3 is 0 Å². The maximum atomic E-state index is 11.2. The lowest BCUT2D eigenvalue weighted by atomic mass is 10.0. The quantitative estimate of drug-likeness (QED) is 0.744. The van der Waals surface area contributed by atoms with E-state index in [0.29, 0.717) is 6.42 Å². The molecule has 1 rings (SSSR count). The topological polar surface area (TPSA) is 41.1 Å². The summed E-state index contributed by atoms with van der Waals surface area (Å²) in [4.78, 5) is 11.2. The molecule has 1 aromatic rings. The Kier molecular flexibility index (Phi) is 4.99. The summed E-state index contributed by atoms with van der Waals surface area (Å²) in [5.41, 5.74) is 9.14. The molecule has 2 N–H and O–H groups in total. The van der Waals surface area contributed by atoms with Crippen LogP contribution in [0.3, 0.4) is 0 Å². The predicted octanol–water partition coefficient (Wildman–Crippen LogP) is 1.88. The van der Waals surface area contributed by atoms with Crippen molar-refractivity contribution in [1.82, 2.24) is 10.9 Å². The fraction of sp³-hybridized carbons (Fsp3) is 0.462. The fourth-order valence-electron chi connectivity index (χ4n) is 1.77. The Morgan fingerprint density at radius 3 is 2.69 bits per heavy atom. The van der Waals surface area contributed by atoms with Gasteiger partial charge in [-0.3, -0.25) is 10.2 Å². The molecule has 0 aliphatic carbocycles. The van der Waals surface area contributed by atoms with E-state index in [1.54, 1.807) is 7.05 Å². The van der Waals surface area contributed by atoms with Crippen LogP contribution < -0.4 is 10.9 Å². The summed E-state index contributed by atoms with van der Waals surface area (Å²) >= 11 is 0. The molecule has 0 spiro atoms. The first kappa shape index (κ1) is 12.7. The highest BCUT2D eigenvalue weighted by molar-refractivity contribution is 5.75. The molecule has 3 nitrogen and oxygen atoms in total. The zero-order valence-corrected chi connectivity index (χ0v) is 10.3. The summed E-state index contributed by atoms with van der Waals surface area (Å²) in [6, 6.07) is 6.46. The number of aryl methyl sites for hydroxylation is 3. The maximum absolute atomic E-state index is 11.2. The molecule has 1 amide bonds. The van der Waals surface area contributed by atoms with Gasteiger partial charge in [0.05, 0.1) is 0 Å². The third kappa shape index (κ3) is 4.03. The largest absolute Gasteiger partial charge is 0.292 e. The Labute approximate surface area is 97.2 Å². The van der Waals surface area contributed by atoms with E-state index in [-0.39, 0.29) is 5.91 Å². The van der Waals surface area contributed by atoms with Gasteiger partial charge in [-0.1, -0.05) is 23.8 Å². The standard InChI is InChI=1S/C13H20N2O/c1-10-7-8-12(11(2)9-10)5-4-6-13(16)15-14-3/h7-9,14H,4-6H2,1-3H3,(H,15,16). The monoisotopic (exact) mass is 220 g/mol. The van der Waals surface area contributed by atoms with E-state index >= 15 is 0 Å². The van der Waals surface area contributed by atoms with Crippen molar-refractivity contribution in [3.05, 3.63) is 34.9 Å². The smallest absolute Gasteiger partial charge is 0.234 e. The van der Waals surface area contributed by atoms with Crippen LogP contribution in [0.15, 0.2) is 18.2 Å². The van der Waals surface area contributed by atoms with Crippen LogP contribution in [-0.4, -0.2) is 13.0 Å². The summed E-state index contributed by atoms with van der Waals surface area (Å²) in [5.74, 6) is 0.0484. The van der Waals surface area contributed by atoms with Gasteiger partial charge in [-0.2, -0.15) is 0 Å². The average molecular weight is 220 g/mol. The van der Waals surface area contributed by atoms with Crippen LogP contribution in [-0.2, 0) is 11.2 Å². The van der Waals surface area contributed by atoms with Crippen LogP contribution in [0.2, 0.25) is 0 Å². The lowest BCUT2D eigenvalue weighted by Gasteiger charge is -2.07. The highest BCUT2D eigenvalue weighted by atomic mass is 16.2. The third-order valence-corrected chi connectivity index (χ3v) is 2.61. The van der Waals surface area contributed by atoms with E-state index < -0.39 is 0 Å². The average Bonchev–Trinajstić information content (AvgIpc) is 2.22. The van der Waals surface area contributed by atoms with Crippen molar-refractivity contribution in [1.29, 1.82) is 0 Å². The first-order chi connectivity index (χ1) is 7.63. The fourth-order valence-corrected chi connectivity index (χ4v) is 1.77. The van der Waals surface area contributed by atoms with Crippen molar-refractivity contribution in [3.63, 3.8) is 0 Å². The number of hydrazine groups is 1. The normalized spacial score (nSPS) is 10.2. The second-order valence-corrected chi connectivity index (χ2v) is 4.08. The van der Waals surface area contributed by atoms with E-state index in [2.05, 4.69) is 42.9 Å². The van der Waals surface area contributed by atoms with Gasteiger partial charge in [-0.05, 0) is 37.8 Å². The van der Waals surface area contributed by atoms with Crippen LogP contribution in [0.1, 0.15) is 29.5 Å². The van der Waals surface area contributed by atoms with Crippen LogP contribution in [0.4, 0.5) is 0 Å². The third-order valence-electron chi connectivity index (χ3n) is 2.61. The zero-order chi connectivity index (χ0) is 12.0. The van der Waals surface area contributed by atoms with Gasteiger partial charge in [-0.25, -0.2) is 5.43 Å². The first-order valence-corrected chi connectivity index (χ1v) is 5.65. The maximum Gasteiger partial charge on any atom is 0.234 e. The number of carbonyl (C=O) groups is 1. The SMILES string of the molecule is CNNC(=O)CCCc1ccc(C)cc1C. The summed E-state index contributed by atoms with van der Waals surface area (Å²) in [6.45, 7) is 4.22. The summed E-state index contributed by atoms with van der Waals surface area (Å²) < 4.78 is 0. The molecule has 0 aliphatic heterocycles. The number of hydrogen-bond donors (Lipinski definition) is 2. The second-order valence-electron chi connectivity index (χ2n) is 4.08. The minimum atomic E-state index is 0.0484. The van der Waals surface area contributed by atoms with E-state index in [0.717, 1.165) is 12.8 Å². The van der Waals surface area contributed by atoms with Gasteiger partial charge in [0.1, 0.15) is 0 Å². The minimum Gasteiger partial charge on any atom is -0.292 e. The molecule has 3 heteroatoms. The van der Waals surface area contributed by atoms with Crippen LogP contribution in [0.5, 0.6) is 0 Å². The number of hydrogen-bond acceptors (Lipinski definition) is 2. The van der Waals surface area contributed by atoms with E-state index in [1.165, 1.54) is 16.7 Å². The number of benzene rings is 1. The Bertz CT molecular complexity index is 361. The van der Waals surface area contributed by atoms with Gasteiger partial charge in [0.15, 0.2) is 0 Å². The molecule has 0 unspecified atom stereocenters. The molecular weight excluding hydrogens is 200 g/mol. The molecule has 0 aromatic heterocycles. The number of carbonyl (C=O) groups excluding carboxylic acids is 1. The van der Waals surface area contributed by atoms with Crippen LogP contribution >= 0.6 is 0 Å². The van der Waals surface area contributed by atoms with E-state index in [1.807, 2.05) is 0 Å². The summed E-state index contributed by atoms with van der Waals surface area (Å²) in [7, 11) is 1.70. The molecule has 88 valence electrons. The molecule has 0 saturated heterocycles. The Balaban J connectivity index is 2.40. The molecule has 16 heavy (non-hydrogen) atoms. The first-order valence-electron chi connectivity index (χ1n) is 5.65. The Hall–Kier alpha value is -1.35. The molecule has 0 heterocycles. The van der Waals surface area contributed by atoms with Crippen LogP contribution in [0.25, 0.3) is 0 Å². The number of amides is 1. The van der Waals surface area contributed by atoms with Crippen molar-refractivity contribution >= 4 is 5.91 Å². The van der Waals surface area contributed by atoms with Gasteiger partial charge in [0.25, 0.3) is 0 Å². The molecule has 0 bridgehead atoms. The Morgan fingerprint density at radius 2 is 2.06 bits per heavy atom. The lowest BCUT2D eigenvalue weighted by Crippen LogP contribution is -2.33. The molecule has 0 atom stereocenters. The predicted molar refractivity (Wildman–Crippen MR) is 66.1 cm³/mol. The van der Waals surface area contributed by atoms with Crippen LogP contribution in [0, 0.1) is 13.8 Å². The molecule has 0 fully saturated rings. The Morgan fingerprint density at radius 1 is 1.31 bits per heavy atom. The summed E-state index contributed by atoms with van der Waals surface area (Å²) in [6.07, 6.45) is 2.41. The van der Waals surface area contributed by atoms with Crippen molar-refractivity contribution < 1.29 is 4.79 Å². The van der Waals surface area contributed by atoms with Crippen molar-refractivity contribution in [3.8, 4) is 0 Å². The van der Waals surface area contributed by atoms with Crippen molar-refractivity contribution in [2.75, 3.05) is 7.05 Å². The molecule has 1 aromatic carbocycles. The number of rotatable bonds is 5. The molecule has 0 aliphatic rings. The van der Waals surface area contributed by atoms with Gasteiger partial charge in [0.2, 0.25) is 5.91 Å². The molecular formula is C13H20N2O. The van der Waals surface area contributed by atoms with Gasteiger partial charge >= 0.3 is 0 Å². The zero-order valence-electron chi connectivity index (χ0n) is 10.3. The lowest BCUT2D eigenvalue weighted by molar-refractivity contribution is -0.122. The van der Waals surface area contributed by atoms with Gasteiger partial charge in [-0.15, -0.1) is 0 Å².